The summed E-state index contributed by atoms with van der Waals surface area (Å²) in [6.45, 7) is 2.33. The van der Waals surface area contributed by atoms with Crippen molar-refractivity contribution in [3.8, 4) is 5.75 Å². The van der Waals surface area contributed by atoms with Crippen molar-refractivity contribution in [3.05, 3.63) is 65.2 Å². The van der Waals surface area contributed by atoms with Crippen molar-refractivity contribution in [3.63, 3.8) is 0 Å². The number of nitrogens with zero attached hydrogens (tertiary/aromatic N) is 1. The van der Waals surface area contributed by atoms with Gasteiger partial charge < -0.3 is 20.3 Å². The van der Waals surface area contributed by atoms with Crippen molar-refractivity contribution in [1.29, 1.82) is 0 Å². The summed E-state index contributed by atoms with van der Waals surface area (Å²) in [7, 11) is 1.61. The molecule has 1 aliphatic heterocycles. The second kappa shape index (κ2) is 10.1. The fourth-order valence-corrected chi connectivity index (χ4v) is 4.54. The highest BCUT2D eigenvalue weighted by atomic mass is 35.5. The topological polar surface area (TPSA) is 87.7 Å². The molecule has 1 aliphatic rings. The summed E-state index contributed by atoms with van der Waals surface area (Å²) in [6, 6.07) is 16.2. The molecule has 0 spiro atoms. The number of anilines is 2. The zero-order valence-corrected chi connectivity index (χ0v) is 19.8. The highest BCUT2D eigenvalue weighted by Gasteiger charge is 2.30. The Balaban J connectivity index is 1.48. The van der Waals surface area contributed by atoms with E-state index in [1.54, 1.807) is 42.3 Å². The second-order valence-corrected chi connectivity index (χ2v) is 8.72. The Kier molecular flexibility index (Phi) is 7.03. The van der Waals surface area contributed by atoms with E-state index >= 15 is 0 Å². The van der Waals surface area contributed by atoms with Crippen LogP contribution in [0.3, 0.4) is 0 Å². The lowest BCUT2D eigenvalue weighted by atomic mass is 9.95. The molecule has 2 N–H and O–H groups in total. The van der Waals surface area contributed by atoms with E-state index in [0.717, 1.165) is 17.2 Å². The Morgan fingerprint density at radius 1 is 1.03 bits per heavy atom. The van der Waals surface area contributed by atoms with E-state index in [9.17, 15) is 14.4 Å². The molecule has 0 saturated carbocycles. The van der Waals surface area contributed by atoms with Gasteiger partial charge in [-0.2, -0.15) is 0 Å². The van der Waals surface area contributed by atoms with Crippen molar-refractivity contribution < 1.29 is 19.1 Å². The van der Waals surface area contributed by atoms with Crippen LogP contribution in [0.5, 0.6) is 5.75 Å². The van der Waals surface area contributed by atoms with Crippen molar-refractivity contribution >= 4 is 51.5 Å². The van der Waals surface area contributed by atoms with Crippen molar-refractivity contribution in [2.75, 3.05) is 30.8 Å². The van der Waals surface area contributed by atoms with E-state index in [1.165, 1.54) is 6.92 Å². The van der Waals surface area contributed by atoms with Crippen LogP contribution in [0.2, 0.25) is 5.02 Å². The molecule has 3 amide bonds. The van der Waals surface area contributed by atoms with Gasteiger partial charge in [0.25, 0.3) is 5.91 Å². The van der Waals surface area contributed by atoms with Crippen LogP contribution in [0.15, 0.2) is 54.6 Å². The molecule has 0 aromatic heterocycles. The van der Waals surface area contributed by atoms with E-state index in [4.69, 9.17) is 16.3 Å². The predicted molar refractivity (Wildman–Crippen MR) is 134 cm³/mol. The minimum absolute atomic E-state index is 0.0981. The maximum absolute atomic E-state index is 13.4. The van der Waals surface area contributed by atoms with Crippen LogP contribution in [0, 0.1) is 5.92 Å². The first-order valence-corrected chi connectivity index (χ1v) is 11.5. The average molecular weight is 480 g/mol. The Morgan fingerprint density at radius 3 is 2.50 bits per heavy atom. The maximum Gasteiger partial charge on any atom is 0.254 e. The maximum atomic E-state index is 13.4. The van der Waals surface area contributed by atoms with Crippen LogP contribution in [0.25, 0.3) is 10.8 Å². The lowest BCUT2D eigenvalue weighted by Gasteiger charge is -2.32. The molecular formula is C26H26ClN3O4. The van der Waals surface area contributed by atoms with Gasteiger partial charge in [0, 0.05) is 36.7 Å². The lowest BCUT2D eigenvalue weighted by molar-refractivity contribution is -0.121. The largest absolute Gasteiger partial charge is 0.496 e. The highest BCUT2D eigenvalue weighted by Crippen LogP contribution is 2.31. The van der Waals surface area contributed by atoms with Gasteiger partial charge >= 0.3 is 0 Å². The molecule has 0 unspecified atom stereocenters. The number of carbonyl (C=O) groups excluding carboxylic acids is 3. The number of halogens is 1. The van der Waals surface area contributed by atoms with Gasteiger partial charge in [-0.25, -0.2) is 0 Å². The van der Waals surface area contributed by atoms with Gasteiger partial charge in [0.2, 0.25) is 11.8 Å². The first kappa shape index (κ1) is 23.6. The molecule has 34 heavy (non-hydrogen) atoms. The number of fused-ring (bicyclic) bond motifs is 1. The van der Waals surface area contributed by atoms with Crippen LogP contribution in [0.1, 0.15) is 30.1 Å². The van der Waals surface area contributed by atoms with E-state index in [-0.39, 0.29) is 23.6 Å². The molecular weight excluding hydrogens is 454 g/mol. The fourth-order valence-electron chi connectivity index (χ4n) is 4.31. The normalized spacial score (nSPS) is 15.6. The van der Waals surface area contributed by atoms with Crippen molar-refractivity contribution in [1.82, 2.24) is 4.90 Å². The number of rotatable bonds is 5. The molecule has 7 nitrogen and oxygen atoms in total. The Bertz CT molecular complexity index is 1260. The monoisotopic (exact) mass is 479 g/mol. The number of benzene rings is 3. The third kappa shape index (κ3) is 4.99. The van der Waals surface area contributed by atoms with E-state index < -0.39 is 0 Å². The van der Waals surface area contributed by atoms with Gasteiger partial charge in [-0.05, 0) is 48.6 Å². The minimum Gasteiger partial charge on any atom is -0.496 e. The van der Waals surface area contributed by atoms with Crippen LogP contribution in [0.4, 0.5) is 11.4 Å². The number of likely N-dealkylation sites (tertiary alicyclic amines) is 1. The van der Waals surface area contributed by atoms with E-state index in [1.807, 2.05) is 24.3 Å². The summed E-state index contributed by atoms with van der Waals surface area (Å²) < 4.78 is 5.44. The Labute approximate surface area is 203 Å². The number of nitrogens with one attached hydrogen (secondary N) is 2. The summed E-state index contributed by atoms with van der Waals surface area (Å²) in [5, 5.41) is 7.56. The van der Waals surface area contributed by atoms with Crippen molar-refractivity contribution in [2.45, 2.75) is 19.8 Å². The van der Waals surface area contributed by atoms with Gasteiger partial charge in [-0.3, -0.25) is 14.4 Å². The molecule has 3 aromatic rings. The first-order chi connectivity index (χ1) is 16.4. The first-order valence-electron chi connectivity index (χ1n) is 11.1. The molecule has 1 heterocycles. The van der Waals surface area contributed by atoms with Crippen LogP contribution in [-0.2, 0) is 9.59 Å². The van der Waals surface area contributed by atoms with Gasteiger partial charge in [0.1, 0.15) is 5.75 Å². The molecule has 1 saturated heterocycles. The summed E-state index contributed by atoms with van der Waals surface area (Å²) in [5.74, 6) is -0.114. The number of hydrogen-bond acceptors (Lipinski definition) is 4. The van der Waals surface area contributed by atoms with Gasteiger partial charge in [-0.1, -0.05) is 35.9 Å². The number of carbonyl (C=O) groups is 3. The SMILES string of the molecule is COc1ccc(C(=O)N2CCC[C@H](C(=O)Nc3ccc(NC(C)=O)c(Cl)c3)C2)c2ccccc12. The Hall–Kier alpha value is -3.58. The van der Waals surface area contributed by atoms with Gasteiger partial charge in [0.15, 0.2) is 0 Å². The molecule has 1 atom stereocenters. The van der Waals surface area contributed by atoms with Crippen LogP contribution in [-0.4, -0.2) is 42.8 Å². The zero-order chi connectivity index (χ0) is 24.2. The molecule has 0 aliphatic carbocycles. The smallest absolute Gasteiger partial charge is 0.254 e. The number of methoxy groups -OCH3 is 1. The standard InChI is InChI=1S/C26H26ClN3O4/c1-16(31)28-23-11-9-18(14-22(23)27)29-25(32)17-6-5-13-30(15-17)26(33)21-10-12-24(34-2)20-8-4-3-7-19(20)21/h3-4,7-12,14,17H,5-6,13,15H2,1-2H3,(H,28,31)(H,29,32)/t17-/m0/s1. The van der Waals surface area contributed by atoms with Crippen molar-refractivity contribution in [2.24, 2.45) is 5.92 Å². The van der Waals surface area contributed by atoms with Crippen LogP contribution < -0.4 is 15.4 Å². The van der Waals surface area contributed by atoms with Gasteiger partial charge in [0.05, 0.1) is 23.7 Å². The second-order valence-electron chi connectivity index (χ2n) is 8.32. The molecule has 8 heteroatoms. The van der Waals surface area contributed by atoms with E-state index in [0.29, 0.717) is 47.2 Å². The third-order valence-electron chi connectivity index (χ3n) is 5.96. The summed E-state index contributed by atoms with van der Waals surface area (Å²) in [4.78, 5) is 39.4. The molecule has 1 fully saturated rings. The molecule has 0 radical (unpaired) electrons. The number of hydrogen-bond donors (Lipinski definition) is 2. The lowest BCUT2D eigenvalue weighted by Crippen LogP contribution is -2.43. The quantitative estimate of drug-likeness (QED) is 0.542. The number of amides is 3. The third-order valence-corrected chi connectivity index (χ3v) is 6.27. The van der Waals surface area contributed by atoms with E-state index in [2.05, 4.69) is 10.6 Å². The minimum atomic E-state index is -0.337. The summed E-state index contributed by atoms with van der Waals surface area (Å²) in [5.41, 5.74) is 1.61. The zero-order valence-electron chi connectivity index (χ0n) is 19.1. The number of piperidine rings is 1. The summed E-state index contributed by atoms with van der Waals surface area (Å²) in [6.07, 6.45) is 1.43. The fraction of sp³-hybridized carbons (Fsp3) is 0.269. The Morgan fingerprint density at radius 2 is 1.79 bits per heavy atom. The molecule has 3 aromatic carbocycles. The summed E-state index contributed by atoms with van der Waals surface area (Å²) >= 11 is 6.22. The van der Waals surface area contributed by atoms with Gasteiger partial charge in [-0.15, -0.1) is 0 Å². The molecule has 4 rings (SSSR count). The number of ether oxygens (including phenoxy) is 1. The molecule has 0 bridgehead atoms. The molecule has 176 valence electrons. The average Bonchev–Trinajstić information content (AvgIpc) is 2.84. The highest BCUT2D eigenvalue weighted by molar-refractivity contribution is 6.34. The van der Waals surface area contributed by atoms with Crippen LogP contribution >= 0.6 is 11.6 Å². The predicted octanol–water partition coefficient (Wildman–Crippen LogP) is 4.95.